The Balaban J connectivity index is 1.61. The molecule has 3 N–H and O–H groups in total. The molecule has 124 valence electrons. The summed E-state index contributed by atoms with van der Waals surface area (Å²) in [6.07, 6.45) is 0.277. The van der Waals surface area contributed by atoms with Crippen LogP contribution in [0.15, 0.2) is 78.9 Å². The van der Waals surface area contributed by atoms with E-state index in [1.807, 2.05) is 42.5 Å². The molecular weight excluding hydrogens is 313 g/mol. The molecule has 1 amide bonds. The van der Waals surface area contributed by atoms with Crippen LogP contribution in [0.25, 0.3) is 11.1 Å². The van der Waals surface area contributed by atoms with E-state index in [0.29, 0.717) is 11.2 Å². The summed E-state index contributed by atoms with van der Waals surface area (Å²) in [6, 6.07) is 24.4. The molecule has 0 aliphatic heterocycles. The fraction of sp³-hybridized carbons (Fsp3) is 0.0500. The van der Waals surface area contributed by atoms with Gasteiger partial charge >= 0.3 is 7.12 Å². The first-order valence-corrected chi connectivity index (χ1v) is 8.02. The Morgan fingerprint density at radius 2 is 1.40 bits per heavy atom. The molecule has 0 aliphatic rings. The van der Waals surface area contributed by atoms with E-state index in [-0.39, 0.29) is 12.3 Å². The largest absolute Gasteiger partial charge is 0.488 e. The monoisotopic (exact) mass is 331 g/mol. The normalized spacial score (nSPS) is 10.3. The lowest BCUT2D eigenvalue weighted by molar-refractivity contribution is -0.115. The Bertz CT molecular complexity index is 831. The minimum Gasteiger partial charge on any atom is -0.423 e. The van der Waals surface area contributed by atoms with Gasteiger partial charge in [-0.05, 0) is 34.3 Å². The number of amides is 1. The second-order valence-electron chi connectivity index (χ2n) is 5.78. The van der Waals surface area contributed by atoms with Crippen LogP contribution in [0.1, 0.15) is 5.56 Å². The Hall–Kier alpha value is -2.89. The molecule has 25 heavy (non-hydrogen) atoms. The molecule has 3 rings (SSSR count). The van der Waals surface area contributed by atoms with Gasteiger partial charge in [0.1, 0.15) is 0 Å². The Labute approximate surface area is 146 Å². The zero-order valence-electron chi connectivity index (χ0n) is 13.6. The zero-order chi connectivity index (χ0) is 17.6. The van der Waals surface area contributed by atoms with E-state index in [2.05, 4.69) is 17.4 Å². The summed E-state index contributed by atoms with van der Waals surface area (Å²) in [5.74, 6) is -0.121. The van der Waals surface area contributed by atoms with E-state index in [1.165, 1.54) is 0 Å². The molecule has 0 fully saturated rings. The Morgan fingerprint density at radius 3 is 2.00 bits per heavy atom. The Morgan fingerprint density at radius 1 is 0.800 bits per heavy atom. The van der Waals surface area contributed by atoms with E-state index < -0.39 is 7.12 Å². The van der Waals surface area contributed by atoms with Gasteiger partial charge in [0.25, 0.3) is 0 Å². The Kier molecular flexibility index (Phi) is 5.28. The fourth-order valence-electron chi connectivity index (χ4n) is 2.57. The van der Waals surface area contributed by atoms with Gasteiger partial charge < -0.3 is 15.4 Å². The van der Waals surface area contributed by atoms with Crippen LogP contribution in [-0.2, 0) is 11.2 Å². The van der Waals surface area contributed by atoms with E-state index in [9.17, 15) is 4.79 Å². The first-order chi connectivity index (χ1) is 12.1. The third kappa shape index (κ3) is 4.56. The lowest BCUT2D eigenvalue weighted by Crippen LogP contribution is -2.29. The van der Waals surface area contributed by atoms with Gasteiger partial charge in [-0.25, -0.2) is 0 Å². The van der Waals surface area contributed by atoms with Crippen LogP contribution in [-0.4, -0.2) is 23.1 Å². The summed E-state index contributed by atoms with van der Waals surface area (Å²) in [7, 11) is -1.51. The predicted octanol–water partition coefficient (Wildman–Crippen LogP) is 2.21. The number of hydrogen-bond donors (Lipinski definition) is 3. The third-order valence-corrected chi connectivity index (χ3v) is 3.92. The van der Waals surface area contributed by atoms with Crippen molar-refractivity contribution in [3.63, 3.8) is 0 Å². The SMILES string of the molecule is O=C(Cc1ccc(-c2ccccc2)cc1)Nc1ccc(B(O)O)cc1. The molecule has 0 unspecified atom stereocenters. The van der Waals surface area contributed by atoms with Crippen LogP contribution < -0.4 is 10.8 Å². The lowest BCUT2D eigenvalue weighted by atomic mass is 9.80. The number of benzene rings is 3. The number of rotatable bonds is 5. The van der Waals surface area contributed by atoms with Crippen molar-refractivity contribution in [2.24, 2.45) is 0 Å². The second kappa shape index (κ2) is 7.79. The smallest absolute Gasteiger partial charge is 0.423 e. The summed E-state index contributed by atoms with van der Waals surface area (Å²) in [6.45, 7) is 0. The molecular formula is C20H18BNO3. The van der Waals surface area contributed by atoms with Gasteiger partial charge in [0.05, 0.1) is 6.42 Å². The quantitative estimate of drug-likeness (QED) is 0.628. The van der Waals surface area contributed by atoms with Crippen molar-refractivity contribution in [3.05, 3.63) is 84.4 Å². The maximum absolute atomic E-state index is 12.1. The first-order valence-electron chi connectivity index (χ1n) is 8.02. The van der Waals surface area contributed by atoms with Gasteiger partial charge in [-0.15, -0.1) is 0 Å². The van der Waals surface area contributed by atoms with Gasteiger partial charge in [0, 0.05) is 5.69 Å². The topological polar surface area (TPSA) is 69.6 Å². The number of carbonyl (C=O) groups excluding carboxylic acids is 1. The maximum Gasteiger partial charge on any atom is 0.488 e. The number of anilines is 1. The van der Waals surface area contributed by atoms with E-state index in [4.69, 9.17) is 10.0 Å². The zero-order valence-corrected chi connectivity index (χ0v) is 13.6. The summed E-state index contributed by atoms with van der Waals surface area (Å²) < 4.78 is 0. The standard InChI is InChI=1S/C20H18BNO3/c23-20(22-19-12-10-18(11-13-19)21(24)25)14-15-6-8-17(9-7-15)16-4-2-1-3-5-16/h1-13,24-25H,14H2,(H,22,23). The van der Waals surface area contributed by atoms with Crippen LogP contribution in [0.2, 0.25) is 0 Å². The van der Waals surface area contributed by atoms with Crippen molar-refractivity contribution < 1.29 is 14.8 Å². The summed E-state index contributed by atoms with van der Waals surface area (Å²) in [5, 5.41) is 20.9. The van der Waals surface area contributed by atoms with Crippen molar-refractivity contribution in [1.82, 2.24) is 0 Å². The molecule has 0 atom stereocenters. The number of hydrogen-bond acceptors (Lipinski definition) is 3. The van der Waals surface area contributed by atoms with E-state index in [0.717, 1.165) is 16.7 Å². The minimum absolute atomic E-state index is 0.121. The van der Waals surface area contributed by atoms with Crippen molar-refractivity contribution in [3.8, 4) is 11.1 Å². The van der Waals surface area contributed by atoms with Crippen LogP contribution in [0.3, 0.4) is 0 Å². The molecule has 0 bridgehead atoms. The van der Waals surface area contributed by atoms with Gasteiger partial charge in [0.2, 0.25) is 5.91 Å². The van der Waals surface area contributed by atoms with E-state index in [1.54, 1.807) is 24.3 Å². The molecule has 0 radical (unpaired) electrons. The molecule has 0 saturated carbocycles. The molecule has 0 spiro atoms. The van der Waals surface area contributed by atoms with Crippen LogP contribution >= 0.6 is 0 Å². The molecule has 0 saturated heterocycles. The molecule has 3 aromatic rings. The summed E-state index contributed by atoms with van der Waals surface area (Å²) in [5.41, 5.74) is 4.19. The molecule has 0 aliphatic carbocycles. The summed E-state index contributed by atoms with van der Waals surface area (Å²) >= 11 is 0. The first kappa shape index (κ1) is 17.0. The summed E-state index contributed by atoms with van der Waals surface area (Å²) in [4.78, 5) is 12.1. The fourth-order valence-corrected chi connectivity index (χ4v) is 2.57. The molecule has 3 aromatic carbocycles. The lowest BCUT2D eigenvalue weighted by Gasteiger charge is -2.07. The minimum atomic E-state index is -1.51. The van der Waals surface area contributed by atoms with Crippen molar-refractivity contribution in [2.75, 3.05) is 5.32 Å². The molecule has 0 aromatic heterocycles. The van der Waals surface area contributed by atoms with Gasteiger partial charge in [0.15, 0.2) is 0 Å². The second-order valence-corrected chi connectivity index (χ2v) is 5.78. The van der Waals surface area contributed by atoms with Crippen molar-refractivity contribution in [2.45, 2.75) is 6.42 Å². The highest BCUT2D eigenvalue weighted by Crippen LogP contribution is 2.19. The molecule has 5 heteroatoms. The van der Waals surface area contributed by atoms with Crippen molar-refractivity contribution in [1.29, 1.82) is 0 Å². The number of carbonyl (C=O) groups is 1. The van der Waals surface area contributed by atoms with Gasteiger partial charge in [-0.1, -0.05) is 66.7 Å². The molecule has 0 heterocycles. The van der Waals surface area contributed by atoms with E-state index >= 15 is 0 Å². The highest BCUT2D eigenvalue weighted by Gasteiger charge is 2.10. The predicted molar refractivity (Wildman–Crippen MR) is 100 cm³/mol. The van der Waals surface area contributed by atoms with Crippen LogP contribution in [0, 0.1) is 0 Å². The molecule has 4 nitrogen and oxygen atoms in total. The van der Waals surface area contributed by atoms with Crippen LogP contribution in [0.5, 0.6) is 0 Å². The maximum atomic E-state index is 12.1. The highest BCUT2D eigenvalue weighted by molar-refractivity contribution is 6.58. The highest BCUT2D eigenvalue weighted by atomic mass is 16.4. The third-order valence-electron chi connectivity index (χ3n) is 3.92. The average molecular weight is 331 g/mol. The average Bonchev–Trinajstić information content (AvgIpc) is 2.63. The van der Waals surface area contributed by atoms with Gasteiger partial charge in [-0.3, -0.25) is 4.79 Å². The van der Waals surface area contributed by atoms with Crippen LogP contribution in [0.4, 0.5) is 5.69 Å². The van der Waals surface area contributed by atoms with Crippen molar-refractivity contribution >= 4 is 24.2 Å². The number of nitrogens with one attached hydrogen (secondary N) is 1. The van der Waals surface area contributed by atoms with Gasteiger partial charge in [-0.2, -0.15) is 0 Å².